The minimum Gasteiger partial charge on any atom is -0.452 e. The van der Waals surface area contributed by atoms with Gasteiger partial charge in [0.2, 0.25) is 5.91 Å². The minimum atomic E-state index is -0.729. The summed E-state index contributed by atoms with van der Waals surface area (Å²) in [6, 6.07) is 6.77. The van der Waals surface area contributed by atoms with Gasteiger partial charge in [-0.15, -0.1) is 11.8 Å². The molecule has 2 fully saturated rings. The molecule has 0 N–H and O–H groups in total. The van der Waals surface area contributed by atoms with Crippen LogP contribution < -0.4 is 0 Å². The average molecular weight is 392 g/mol. The number of nitrogens with zero attached hydrogens (tertiary/aromatic N) is 2. The van der Waals surface area contributed by atoms with Gasteiger partial charge in [0.05, 0.1) is 17.9 Å². The fourth-order valence-electron chi connectivity index (χ4n) is 2.86. The Morgan fingerprint density at radius 3 is 2.52 bits per heavy atom. The van der Waals surface area contributed by atoms with Crippen molar-refractivity contribution in [3.05, 3.63) is 29.8 Å². The van der Waals surface area contributed by atoms with Gasteiger partial charge in [-0.05, 0) is 25.0 Å². The van der Waals surface area contributed by atoms with Crippen molar-refractivity contribution >= 4 is 35.6 Å². The maximum absolute atomic E-state index is 12.3. The van der Waals surface area contributed by atoms with Gasteiger partial charge >= 0.3 is 12.1 Å². The predicted octanol–water partition coefficient (Wildman–Crippen LogP) is 1.54. The van der Waals surface area contributed by atoms with E-state index in [1.807, 2.05) is 4.90 Å². The van der Waals surface area contributed by atoms with Crippen LogP contribution in [-0.2, 0) is 19.1 Å². The van der Waals surface area contributed by atoms with Crippen LogP contribution in [0.5, 0.6) is 0 Å². The van der Waals surface area contributed by atoms with Crippen molar-refractivity contribution in [2.24, 2.45) is 0 Å². The number of benzene rings is 1. The van der Waals surface area contributed by atoms with Crippen LogP contribution in [0.15, 0.2) is 29.2 Å². The van der Waals surface area contributed by atoms with Gasteiger partial charge in [-0.2, -0.15) is 0 Å². The van der Waals surface area contributed by atoms with E-state index < -0.39 is 24.6 Å². The monoisotopic (exact) mass is 392 g/mol. The maximum Gasteiger partial charge on any atom is 0.416 e. The lowest BCUT2D eigenvalue weighted by molar-refractivity contribution is -0.131. The van der Waals surface area contributed by atoms with E-state index in [2.05, 4.69) is 4.74 Å². The van der Waals surface area contributed by atoms with Crippen LogP contribution in [-0.4, -0.2) is 72.3 Å². The number of amides is 3. The van der Waals surface area contributed by atoms with Gasteiger partial charge in [0.1, 0.15) is 6.61 Å². The molecule has 0 aliphatic carbocycles. The highest BCUT2D eigenvalue weighted by Gasteiger charge is 2.29. The van der Waals surface area contributed by atoms with E-state index in [0.717, 1.165) is 30.8 Å². The van der Waals surface area contributed by atoms with Crippen molar-refractivity contribution in [3.8, 4) is 0 Å². The number of carbonyl (C=O) groups is 4. The van der Waals surface area contributed by atoms with E-state index in [-0.39, 0.29) is 30.4 Å². The first-order valence-electron chi connectivity index (χ1n) is 8.70. The summed E-state index contributed by atoms with van der Waals surface area (Å²) < 4.78 is 9.73. The molecule has 2 aliphatic heterocycles. The van der Waals surface area contributed by atoms with Gasteiger partial charge in [0.25, 0.3) is 5.91 Å². The van der Waals surface area contributed by atoms with E-state index in [4.69, 9.17) is 4.74 Å². The number of hydrogen-bond acceptors (Lipinski definition) is 7. The Kier molecular flexibility index (Phi) is 6.33. The van der Waals surface area contributed by atoms with Gasteiger partial charge < -0.3 is 14.4 Å². The molecule has 3 amide bonds. The van der Waals surface area contributed by atoms with Crippen LogP contribution in [0.3, 0.4) is 0 Å². The summed E-state index contributed by atoms with van der Waals surface area (Å²) in [5.41, 5.74) is 0.286. The molecule has 0 radical (unpaired) electrons. The molecule has 0 saturated carbocycles. The zero-order chi connectivity index (χ0) is 19.2. The van der Waals surface area contributed by atoms with Crippen molar-refractivity contribution in [1.29, 1.82) is 0 Å². The number of rotatable bonds is 6. The second kappa shape index (κ2) is 8.90. The smallest absolute Gasteiger partial charge is 0.416 e. The van der Waals surface area contributed by atoms with Crippen LogP contribution in [0, 0.1) is 0 Å². The van der Waals surface area contributed by atoms with Crippen LogP contribution in [0.4, 0.5) is 4.79 Å². The lowest BCUT2D eigenvalue weighted by Crippen LogP contribution is -2.35. The molecule has 0 unspecified atom stereocenters. The molecule has 0 atom stereocenters. The topological polar surface area (TPSA) is 93.2 Å². The number of likely N-dealkylation sites (tertiary alicyclic amines) is 1. The SMILES string of the molecule is O=C(OCC(=O)N1CCOC1=O)c1ccccc1SCC(=O)N1CCCC1. The number of imide groups is 1. The lowest BCUT2D eigenvalue weighted by atomic mass is 10.2. The van der Waals surface area contributed by atoms with E-state index in [0.29, 0.717) is 4.90 Å². The van der Waals surface area contributed by atoms with E-state index in [9.17, 15) is 19.2 Å². The van der Waals surface area contributed by atoms with Crippen LogP contribution in [0.25, 0.3) is 0 Å². The molecule has 1 aromatic rings. The summed E-state index contributed by atoms with van der Waals surface area (Å²) in [4.78, 5) is 51.2. The van der Waals surface area contributed by atoms with Gasteiger partial charge in [0, 0.05) is 18.0 Å². The van der Waals surface area contributed by atoms with Gasteiger partial charge in [-0.1, -0.05) is 12.1 Å². The van der Waals surface area contributed by atoms with E-state index >= 15 is 0 Å². The molecule has 2 heterocycles. The fraction of sp³-hybridized carbons (Fsp3) is 0.444. The first kappa shape index (κ1) is 19.2. The Morgan fingerprint density at radius 2 is 1.81 bits per heavy atom. The quantitative estimate of drug-likeness (QED) is 0.535. The Bertz CT molecular complexity index is 747. The zero-order valence-corrected chi connectivity index (χ0v) is 15.5. The second-order valence-corrected chi connectivity index (χ2v) is 7.13. The van der Waals surface area contributed by atoms with Gasteiger partial charge in [-0.25, -0.2) is 14.5 Å². The largest absolute Gasteiger partial charge is 0.452 e. The molecule has 3 rings (SSSR count). The van der Waals surface area contributed by atoms with Crippen molar-refractivity contribution in [1.82, 2.24) is 9.80 Å². The molecule has 0 spiro atoms. The van der Waals surface area contributed by atoms with E-state index in [1.54, 1.807) is 24.3 Å². The second-order valence-electron chi connectivity index (χ2n) is 6.11. The highest BCUT2D eigenvalue weighted by Crippen LogP contribution is 2.24. The average Bonchev–Trinajstić information content (AvgIpc) is 3.36. The molecule has 144 valence electrons. The predicted molar refractivity (Wildman–Crippen MR) is 96.3 cm³/mol. The Hall–Kier alpha value is -2.55. The summed E-state index contributed by atoms with van der Waals surface area (Å²) in [7, 11) is 0. The third-order valence-electron chi connectivity index (χ3n) is 4.31. The van der Waals surface area contributed by atoms with Crippen molar-refractivity contribution in [2.75, 3.05) is 38.6 Å². The Labute approximate surface area is 160 Å². The molecule has 0 bridgehead atoms. The molecule has 2 saturated heterocycles. The number of hydrogen-bond donors (Lipinski definition) is 0. The third-order valence-corrected chi connectivity index (χ3v) is 5.36. The summed E-state index contributed by atoms with van der Waals surface area (Å²) in [5.74, 6) is -1.01. The standard InChI is InChI=1S/C18H20N2O6S/c21-15(20-9-10-25-18(20)24)11-26-17(23)13-5-1-2-6-14(13)27-12-16(22)19-7-3-4-8-19/h1-2,5-6H,3-4,7-12H2. The van der Waals surface area contributed by atoms with Crippen LogP contribution >= 0.6 is 11.8 Å². The number of thioether (sulfide) groups is 1. The molecule has 27 heavy (non-hydrogen) atoms. The molecule has 9 heteroatoms. The van der Waals surface area contributed by atoms with Gasteiger partial charge in [0.15, 0.2) is 6.61 Å². The van der Waals surface area contributed by atoms with Crippen molar-refractivity contribution in [2.45, 2.75) is 17.7 Å². The summed E-state index contributed by atoms with van der Waals surface area (Å²) in [5, 5.41) is 0. The first-order valence-corrected chi connectivity index (χ1v) is 9.68. The molecule has 1 aromatic carbocycles. The molecular weight excluding hydrogens is 372 g/mol. The normalized spacial score (nSPS) is 16.4. The number of ether oxygens (including phenoxy) is 2. The Balaban J connectivity index is 1.55. The minimum absolute atomic E-state index is 0.0448. The van der Waals surface area contributed by atoms with Crippen molar-refractivity contribution < 1.29 is 28.7 Å². The summed E-state index contributed by atoms with van der Waals surface area (Å²) >= 11 is 1.27. The van der Waals surface area contributed by atoms with Crippen LogP contribution in [0.1, 0.15) is 23.2 Å². The van der Waals surface area contributed by atoms with E-state index in [1.165, 1.54) is 11.8 Å². The lowest BCUT2D eigenvalue weighted by Gasteiger charge is -2.15. The molecular formula is C18H20N2O6S. The molecule has 0 aromatic heterocycles. The van der Waals surface area contributed by atoms with Crippen LogP contribution in [0.2, 0.25) is 0 Å². The number of esters is 1. The highest BCUT2D eigenvalue weighted by atomic mass is 32.2. The molecule has 2 aliphatic rings. The van der Waals surface area contributed by atoms with Crippen molar-refractivity contribution in [3.63, 3.8) is 0 Å². The number of carbonyl (C=O) groups excluding carboxylic acids is 4. The maximum atomic E-state index is 12.3. The number of cyclic esters (lactones) is 1. The molecule has 8 nitrogen and oxygen atoms in total. The summed E-state index contributed by atoms with van der Waals surface area (Å²) in [6.07, 6.45) is 1.32. The zero-order valence-electron chi connectivity index (χ0n) is 14.7. The summed E-state index contributed by atoms with van der Waals surface area (Å²) in [6.45, 7) is 1.32. The highest BCUT2D eigenvalue weighted by molar-refractivity contribution is 8.00. The third kappa shape index (κ3) is 4.79. The van der Waals surface area contributed by atoms with Gasteiger partial charge in [-0.3, -0.25) is 9.59 Å². The fourth-order valence-corrected chi connectivity index (χ4v) is 3.80. The Morgan fingerprint density at radius 1 is 1.07 bits per heavy atom. The first-order chi connectivity index (χ1) is 13.1.